The van der Waals surface area contributed by atoms with Gasteiger partial charge in [-0.15, -0.1) is 0 Å². The zero-order valence-corrected chi connectivity index (χ0v) is 25.4. The standard InChI is InChI=1S/C32H48BO5S/c1-30(2,3)38-29(34)31(4)18-12-13-25(16-21-31)24-37-33-32(19-10-8-6-5-7-9-11-20-32)27-14-15-28-26(23-27)17-22-39(28,35)36/h14-15,17,22-23,25H,5-13,16,18-21,24H2,1-4H3. The van der Waals surface area contributed by atoms with Gasteiger partial charge >= 0.3 is 13.5 Å². The number of carbonyl (C=O) groups is 1. The average Bonchev–Trinajstić information content (AvgIpc) is 3.04. The highest BCUT2D eigenvalue weighted by Crippen LogP contribution is 2.41. The van der Waals surface area contributed by atoms with E-state index in [1.165, 1.54) is 43.1 Å². The Hall–Kier alpha value is -1.60. The van der Waals surface area contributed by atoms with Crippen molar-refractivity contribution in [2.45, 2.75) is 133 Å². The zero-order valence-electron chi connectivity index (χ0n) is 24.6. The van der Waals surface area contributed by atoms with Gasteiger partial charge in [-0.1, -0.05) is 63.5 Å². The fourth-order valence-electron chi connectivity index (χ4n) is 6.54. The molecule has 0 N–H and O–H groups in total. The van der Waals surface area contributed by atoms with E-state index < -0.39 is 20.9 Å². The third kappa shape index (κ3) is 7.78. The molecule has 1 radical (unpaired) electrons. The molecule has 0 aromatic heterocycles. The molecular formula is C32H48BO5S. The number of hydrogen-bond acceptors (Lipinski definition) is 5. The zero-order chi connectivity index (χ0) is 28.2. The molecule has 0 amide bonds. The van der Waals surface area contributed by atoms with E-state index in [4.69, 9.17) is 9.39 Å². The van der Waals surface area contributed by atoms with Crippen molar-refractivity contribution in [3.8, 4) is 0 Å². The number of benzene rings is 1. The van der Waals surface area contributed by atoms with Crippen molar-refractivity contribution in [1.82, 2.24) is 0 Å². The molecular weight excluding hydrogens is 507 g/mol. The van der Waals surface area contributed by atoms with Gasteiger partial charge in [0.1, 0.15) is 5.60 Å². The predicted octanol–water partition coefficient (Wildman–Crippen LogP) is 7.73. The molecule has 0 spiro atoms. The molecule has 5 nitrogen and oxygen atoms in total. The summed E-state index contributed by atoms with van der Waals surface area (Å²) in [6.07, 6.45) is 17.1. The van der Waals surface area contributed by atoms with Crippen LogP contribution in [-0.4, -0.2) is 34.1 Å². The minimum atomic E-state index is -3.31. The largest absolute Gasteiger partial charge is 0.460 e. The lowest BCUT2D eigenvalue weighted by Crippen LogP contribution is -2.37. The molecule has 2 aliphatic carbocycles. The van der Waals surface area contributed by atoms with Crippen molar-refractivity contribution < 1.29 is 22.6 Å². The van der Waals surface area contributed by atoms with Crippen LogP contribution in [0.2, 0.25) is 0 Å². The Balaban J connectivity index is 1.45. The Morgan fingerprint density at radius 3 is 2.28 bits per heavy atom. The summed E-state index contributed by atoms with van der Waals surface area (Å²) in [6, 6.07) is 5.89. The highest BCUT2D eigenvalue weighted by Gasteiger charge is 2.40. The second kappa shape index (κ2) is 12.5. The second-order valence-electron chi connectivity index (χ2n) is 13.5. The van der Waals surface area contributed by atoms with Crippen LogP contribution in [0.4, 0.5) is 0 Å². The van der Waals surface area contributed by atoms with Gasteiger partial charge in [0.05, 0.1) is 10.3 Å². The highest BCUT2D eigenvalue weighted by atomic mass is 32.2. The molecule has 2 saturated carbocycles. The molecule has 0 bridgehead atoms. The lowest BCUT2D eigenvalue weighted by molar-refractivity contribution is -0.167. The van der Waals surface area contributed by atoms with Gasteiger partial charge in [-0.2, -0.15) is 0 Å². The van der Waals surface area contributed by atoms with Gasteiger partial charge < -0.3 is 9.39 Å². The van der Waals surface area contributed by atoms with Gasteiger partial charge in [-0.05, 0) is 101 Å². The number of esters is 1. The number of carbonyl (C=O) groups excluding carboxylic acids is 1. The van der Waals surface area contributed by atoms with Crippen molar-refractivity contribution in [3.05, 3.63) is 34.7 Å². The second-order valence-corrected chi connectivity index (χ2v) is 15.3. The predicted molar refractivity (Wildman–Crippen MR) is 158 cm³/mol. The third-order valence-corrected chi connectivity index (χ3v) is 10.5. The van der Waals surface area contributed by atoms with Gasteiger partial charge in [-0.25, -0.2) is 8.42 Å². The average molecular weight is 556 g/mol. The summed E-state index contributed by atoms with van der Waals surface area (Å²) in [5.41, 5.74) is 1.07. The van der Waals surface area contributed by atoms with E-state index in [1.807, 2.05) is 26.8 Å². The van der Waals surface area contributed by atoms with Crippen LogP contribution >= 0.6 is 0 Å². The smallest absolute Gasteiger partial charge is 0.312 e. The number of sulfone groups is 1. The van der Waals surface area contributed by atoms with Crippen LogP contribution in [0, 0.1) is 11.3 Å². The van der Waals surface area contributed by atoms with Crippen LogP contribution in [0.3, 0.4) is 0 Å². The van der Waals surface area contributed by atoms with E-state index in [0.717, 1.165) is 63.4 Å². The van der Waals surface area contributed by atoms with Crippen molar-refractivity contribution in [2.75, 3.05) is 6.61 Å². The van der Waals surface area contributed by atoms with Gasteiger partial charge in [0.25, 0.3) is 0 Å². The summed E-state index contributed by atoms with van der Waals surface area (Å²) in [4.78, 5) is 13.4. The van der Waals surface area contributed by atoms with Crippen molar-refractivity contribution in [3.63, 3.8) is 0 Å². The monoisotopic (exact) mass is 555 g/mol. The van der Waals surface area contributed by atoms with Crippen LogP contribution in [0.1, 0.15) is 129 Å². The molecule has 2 atom stereocenters. The summed E-state index contributed by atoms with van der Waals surface area (Å²) in [5, 5.41) is 1.10. The first-order valence-electron chi connectivity index (χ1n) is 15.2. The fraction of sp³-hybridized carbons (Fsp3) is 0.719. The Kier molecular flexibility index (Phi) is 9.74. The molecule has 1 aromatic rings. The summed E-state index contributed by atoms with van der Waals surface area (Å²) < 4.78 is 37.0. The first-order valence-corrected chi connectivity index (χ1v) is 16.7. The van der Waals surface area contributed by atoms with E-state index in [9.17, 15) is 13.2 Å². The first kappa shape index (κ1) is 30.4. The van der Waals surface area contributed by atoms with Crippen molar-refractivity contribution in [2.24, 2.45) is 11.3 Å². The molecule has 2 unspecified atom stereocenters. The molecule has 215 valence electrons. The van der Waals surface area contributed by atoms with E-state index in [-0.39, 0.29) is 11.3 Å². The Bertz CT molecular complexity index is 1130. The molecule has 39 heavy (non-hydrogen) atoms. The van der Waals surface area contributed by atoms with E-state index in [2.05, 4.69) is 20.5 Å². The summed E-state index contributed by atoms with van der Waals surface area (Å²) in [6.45, 7) is 8.52. The maximum absolute atomic E-state index is 12.9. The molecule has 0 saturated heterocycles. The summed E-state index contributed by atoms with van der Waals surface area (Å²) >= 11 is 0. The molecule has 1 heterocycles. The Morgan fingerprint density at radius 2 is 1.62 bits per heavy atom. The molecule has 4 rings (SSSR count). The molecule has 1 aromatic carbocycles. The lowest BCUT2D eigenvalue weighted by Gasteiger charge is -2.35. The minimum absolute atomic E-state index is 0.0729. The van der Waals surface area contributed by atoms with Gasteiger partial charge in [0.15, 0.2) is 9.84 Å². The summed E-state index contributed by atoms with van der Waals surface area (Å²) in [5.74, 6) is 0.339. The lowest BCUT2D eigenvalue weighted by atomic mass is 9.54. The van der Waals surface area contributed by atoms with Crippen LogP contribution in [0.15, 0.2) is 28.5 Å². The SMILES string of the molecule is CC(C)(C)OC(=O)C1(C)CCCC(CO[B]C2(c3ccc4c(c3)C=CS4(=O)=O)CCCCCCCCC2)CC1. The van der Waals surface area contributed by atoms with Crippen molar-refractivity contribution in [1.29, 1.82) is 0 Å². The normalized spacial score (nSPS) is 27.2. The van der Waals surface area contributed by atoms with Crippen LogP contribution in [0.25, 0.3) is 6.08 Å². The number of rotatable bonds is 6. The highest BCUT2D eigenvalue weighted by molar-refractivity contribution is 7.94. The Morgan fingerprint density at radius 1 is 0.949 bits per heavy atom. The molecule has 1 aliphatic heterocycles. The van der Waals surface area contributed by atoms with Gasteiger partial charge in [-0.3, -0.25) is 4.79 Å². The topological polar surface area (TPSA) is 69.7 Å². The van der Waals surface area contributed by atoms with Crippen molar-refractivity contribution >= 4 is 29.4 Å². The number of ether oxygens (including phenoxy) is 1. The minimum Gasteiger partial charge on any atom is -0.460 e. The van der Waals surface area contributed by atoms with Crippen LogP contribution in [0.5, 0.6) is 0 Å². The quantitative estimate of drug-likeness (QED) is 0.204. The third-order valence-electron chi connectivity index (χ3n) is 9.04. The summed E-state index contributed by atoms with van der Waals surface area (Å²) in [7, 11) is -1.20. The first-order chi connectivity index (χ1) is 18.4. The number of fused-ring (bicyclic) bond motifs is 1. The molecule has 2 fully saturated rings. The number of hydrogen-bond donors (Lipinski definition) is 0. The van der Waals surface area contributed by atoms with Gasteiger partial charge in [0, 0.05) is 12.0 Å². The molecule has 3 aliphatic rings. The maximum atomic E-state index is 12.9. The maximum Gasteiger partial charge on any atom is 0.312 e. The van der Waals surface area contributed by atoms with E-state index in [0.29, 0.717) is 17.4 Å². The van der Waals surface area contributed by atoms with E-state index >= 15 is 0 Å². The fourth-order valence-corrected chi connectivity index (χ4v) is 7.72. The van der Waals surface area contributed by atoms with Crippen LogP contribution < -0.4 is 0 Å². The Labute approximate surface area is 237 Å². The van der Waals surface area contributed by atoms with E-state index in [1.54, 1.807) is 12.1 Å². The molecule has 7 heteroatoms. The van der Waals surface area contributed by atoms with Crippen LogP contribution in [-0.2, 0) is 29.3 Å². The van der Waals surface area contributed by atoms with Gasteiger partial charge in [0.2, 0.25) is 0 Å².